The van der Waals surface area contributed by atoms with Gasteiger partial charge >= 0.3 is 0 Å². The van der Waals surface area contributed by atoms with Crippen LogP contribution in [0.4, 0.5) is 0 Å². The quantitative estimate of drug-likeness (QED) is 0.547. The van der Waals surface area contributed by atoms with Gasteiger partial charge in [-0.1, -0.05) is 11.8 Å². The largest absolute Gasteiger partial charge is 0.467 e. The first kappa shape index (κ1) is 7.22. The molecule has 1 atom stereocenters. The minimum absolute atomic E-state index is 0.120. The van der Waals surface area contributed by atoms with Crippen molar-refractivity contribution < 1.29 is 4.74 Å². The summed E-state index contributed by atoms with van der Waals surface area (Å²) in [4.78, 5) is 4.08. The van der Waals surface area contributed by atoms with Crippen molar-refractivity contribution >= 4 is 28.6 Å². The molecule has 9 heavy (non-hydrogen) atoms. The lowest BCUT2D eigenvalue weighted by Gasteiger charge is -2.03. The normalized spacial score (nSPS) is 25.6. The van der Waals surface area contributed by atoms with Crippen molar-refractivity contribution in [1.29, 1.82) is 0 Å². The van der Waals surface area contributed by atoms with Crippen LogP contribution in [0.1, 0.15) is 0 Å². The van der Waals surface area contributed by atoms with Gasteiger partial charge in [-0.2, -0.15) is 0 Å². The minimum atomic E-state index is 0.120. The second kappa shape index (κ2) is 3.32. The summed E-state index contributed by atoms with van der Waals surface area (Å²) >= 11 is 7.04. The zero-order valence-corrected chi connectivity index (χ0v) is 6.71. The van der Waals surface area contributed by atoms with Gasteiger partial charge in [-0.05, 0) is 6.26 Å². The van der Waals surface area contributed by atoms with Crippen molar-refractivity contribution in [2.75, 3.05) is 18.7 Å². The molecule has 0 aliphatic carbocycles. The SMILES string of the molecule is CSC1=NCC(CCl)O1. The number of ether oxygens (including phenoxy) is 1. The second-order valence-electron chi connectivity index (χ2n) is 1.70. The molecule has 1 aliphatic heterocycles. The summed E-state index contributed by atoms with van der Waals surface area (Å²) in [7, 11) is 0. The van der Waals surface area contributed by atoms with E-state index in [-0.39, 0.29) is 6.10 Å². The van der Waals surface area contributed by atoms with E-state index in [2.05, 4.69) is 4.99 Å². The topological polar surface area (TPSA) is 21.6 Å². The Morgan fingerprint density at radius 2 is 2.78 bits per heavy atom. The molecular weight excluding hydrogens is 158 g/mol. The van der Waals surface area contributed by atoms with Gasteiger partial charge < -0.3 is 4.74 Å². The first-order valence-corrected chi connectivity index (χ1v) is 4.44. The van der Waals surface area contributed by atoms with Gasteiger partial charge in [0.2, 0.25) is 5.23 Å². The number of rotatable bonds is 1. The van der Waals surface area contributed by atoms with Crippen molar-refractivity contribution in [2.45, 2.75) is 6.10 Å². The monoisotopic (exact) mass is 165 g/mol. The summed E-state index contributed by atoms with van der Waals surface area (Å²) in [5, 5.41) is 0.764. The molecule has 1 rings (SSSR count). The molecule has 0 saturated carbocycles. The van der Waals surface area contributed by atoms with Gasteiger partial charge in [0.15, 0.2) is 0 Å². The minimum Gasteiger partial charge on any atom is -0.467 e. The van der Waals surface area contributed by atoms with Gasteiger partial charge in [0.25, 0.3) is 0 Å². The third kappa shape index (κ3) is 1.76. The highest BCUT2D eigenvalue weighted by atomic mass is 35.5. The van der Waals surface area contributed by atoms with Gasteiger partial charge in [0, 0.05) is 0 Å². The van der Waals surface area contributed by atoms with Crippen LogP contribution >= 0.6 is 23.4 Å². The molecule has 0 saturated heterocycles. The highest BCUT2D eigenvalue weighted by Gasteiger charge is 2.16. The number of alkyl halides is 1. The molecule has 0 bridgehead atoms. The number of aliphatic imine (C=N–C) groups is 1. The van der Waals surface area contributed by atoms with E-state index in [0.717, 1.165) is 11.8 Å². The molecule has 0 radical (unpaired) electrons. The molecule has 0 aromatic carbocycles. The van der Waals surface area contributed by atoms with Crippen LogP contribution in [-0.4, -0.2) is 30.0 Å². The van der Waals surface area contributed by atoms with Crippen LogP contribution in [-0.2, 0) is 4.74 Å². The molecule has 1 unspecified atom stereocenters. The zero-order chi connectivity index (χ0) is 6.69. The van der Waals surface area contributed by atoms with Crippen molar-refractivity contribution in [2.24, 2.45) is 4.99 Å². The summed E-state index contributed by atoms with van der Waals surface area (Å²) in [6.07, 6.45) is 2.06. The van der Waals surface area contributed by atoms with E-state index < -0.39 is 0 Å². The van der Waals surface area contributed by atoms with Crippen LogP contribution in [0.15, 0.2) is 4.99 Å². The van der Waals surface area contributed by atoms with E-state index in [1.54, 1.807) is 0 Å². The van der Waals surface area contributed by atoms with Crippen LogP contribution in [0.3, 0.4) is 0 Å². The number of thioether (sulfide) groups is 1. The molecule has 0 N–H and O–H groups in total. The maximum Gasteiger partial charge on any atom is 0.246 e. The highest BCUT2D eigenvalue weighted by Crippen LogP contribution is 2.12. The van der Waals surface area contributed by atoms with E-state index >= 15 is 0 Å². The Hall–Kier alpha value is 0.110. The Kier molecular flexibility index (Phi) is 2.66. The Balaban J connectivity index is 2.31. The molecular formula is C5H8ClNOS. The summed E-state index contributed by atoms with van der Waals surface area (Å²) in [6.45, 7) is 0.722. The molecule has 0 amide bonds. The van der Waals surface area contributed by atoms with Crippen LogP contribution in [0, 0.1) is 0 Å². The van der Waals surface area contributed by atoms with Gasteiger partial charge in [-0.3, -0.25) is 0 Å². The second-order valence-corrected chi connectivity index (χ2v) is 2.77. The van der Waals surface area contributed by atoms with Crippen molar-refractivity contribution in [3.8, 4) is 0 Å². The van der Waals surface area contributed by atoms with E-state index in [9.17, 15) is 0 Å². The maximum absolute atomic E-state index is 5.52. The lowest BCUT2D eigenvalue weighted by molar-refractivity contribution is 0.256. The zero-order valence-electron chi connectivity index (χ0n) is 5.13. The number of nitrogens with zero attached hydrogens (tertiary/aromatic N) is 1. The van der Waals surface area contributed by atoms with E-state index in [0.29, 0.717) is 5.88 Å². The Bertz CT molecular complexity index is 128. The van der Waals surface area contributed by atoms with Crippen LogP contribution in [0.5, 0.6) is 0 Å². The predicted octanol–water partition coefficient (Wildman–Crippen LogP) is 1.34. The maximum atomic E-state index is 5.52. The number of hydrogen-bond acceptors (Lipinski definition) is 3. The first-order valence-electron chi connectivity index (χ1n) is 2.68. The summed E-state index contributed by atoms with van der Waals surface area (Å²) in [5.41, 5.74) is 0. The van der Waals surface area contributed by atoms with Crippen LogP contribution < -0.4 is 0 Å². The summed E-state index contributed by atoms with van der Waals surface area (Å²) < 4.78 is 5.24. The average Bonchev–Trinajstić information content (AvgIpc) is 2.34. The van der Waals surface area contributed by atoms with Crippen molar-refractivity contribution in [3.63, 3.8) is 0 Å². The van der Waals surface area contributed by atoms with E-state index in [4.69, 9.17) is 16.3 Å². The van der Waals surface area contributed by atoms with Crippen LogP contribution in [0.25, 0.3) is 0 Å². The third-order valence-corrected chi connectivity index (χ3v) is 1.96. The highest BCUT2D eigenvalue weighted by molar-refractivity contribution is 8.12. The fourth-order valence-corrected chi connectivity index (χ4v) is 1.18. The van der Waals surface area contributed by atoms with E-state index in [1.165, 1.54) is 11.8 Å². The lowest BCUT2D eigenvalue weighted by atomic mass is 10.4. The van der Waals surface area contributed by atoms with Crippen molar-refractivity contribution in [3.05, 3.63) is 0 Å². The molecule has 1 aliphatic rings. The Labute approximate surface area is 63.6 Å². The Morgan fingerprint density at radius 3 is 3.11 bits per heavy atom. The smallest absolute Gasteiger partial charge is 0.246 e. The van der Waals surface area contributed by atoms with Crippen molar-refractivity contribution in [1.82, 2.24) is 0 Å². The fourth-order valence-electron chi connectivity index (χ4n) is 0.586. The molecule has 0 fully saturated rings. The molecule has 4 heteroatoms. The molecule has 0 spiro atoms. The number of hydrogen-bond donors (Lipinski definition) is 0. The van der Waals surface area contributed by atoms with Gasteiger partial charge in [0.1, 0.15) is 6.10 Å². The number of halogens is 1. The average molecular weight is 166 g/mol. The van der Waals surface area contributed by atoms with E-state index in [1.807, 2.05) is 6.26 Å². The van der Waals surface area contributed by atoms with Gasteiger partial charge in [-0.15, -0.1) is 11.6 Å². The predicted molar refractivity (Wildman–Crippen MR) is 41.4 cm³/mol. The standard InChI is InChI=1S/C5H8ClNOS/c1-9-5-7-3-4(2-6)8-5/h4H,2-3H2,1H3. The van der Waals surface area contributed by atoms with Gasteiger partial charge in [-0.25, -0.2) is 4.99 Å². The lowest BCUT2D eigenvalue weighted by Crippen LogP contribution is -2.12. The molecule has 0 aromatic rings. The van der Waals surface area contributed by atoms with Gasteiger partial charge in [0.05, 0.1) is 12.4 Å². The molecule has 0 aromatic heterocycles. The molecule has 2 nitrogen and oxygen atoms in total. The third-order valence-electron chi connectivity index (χ3n) is 1.04. The first-order chi connectivity index (χ1) is 4.36. The summed E-state index contributed by atoms with van der Waals surface area (Å²) in [5.74, 6) is 0.535. The summed E-state index contributed by atoms with van der Waals surface area (Å²) in [6, 6.07) is 0. The fraction of sp³-hybridized carbons (Fsp3) is 0.800. The van der Waals surface area contributed by atoms with Crippen LogP contribution in [0.2, 0.25) is 0 Å². The molecule has 52 valence electrons. The molecule has 1 heterocycles. The Morgan fingerprint density at radius 1 is 2.00 bits per heavy atom.